The van der Waals surface area contributed by atoms with Crippen molar-refractivity contribution < 1.29 is 17.2 Å². The third-order valence-electron chi connectivity index (χ3n) is 1.77. The first-order chi connectivity index (χ1) is 7.03. The lowest BCUT2D eigenvalue weighted by molar-refractivity contribution is 0.233. The van der Waals surface area contributed by atoms with Gasteiger partial charge in [-0.1, -0.05) is 6.07 Å². The largest absolute Gasteiger partial charge is 0.344 e. The van der Waals surface area contributed by atoms with E-state index in [9.17, 15) is 17.2 Å². The quantitative estimate of drug-likeness (QED) is 0.766. The monoisotopic (exact) mass is 233 g/mol. The summed E-state index contributed by atoms with van der Waals surface area (Å²) in [5.41, 5.74) is 0.205. The smallest absolute Gasteiger partial charge is 0.273 e. The minimum Gasteiger partial charge on any atom is -0.273 e. The number of pyridine rings is 1. The van der Waals surface area contributed by atoms with Crippen LogP contribution >= 0.6 is 0 Å². The number of sulfone groups is 1. The van der Waals surface area contributed by atoms with Crippen molar-refractivity contribution in [3.63, 3.8) is 0 Å². The number of rotatable bonds is 2. The number of alkyl halides is 2. The predicted octanol–water partition coefficient (Wildman–Crippen LogP) is 0.726. The fraction of sp³-hybridized carbons (Fsp3) is 0.143. The van der Waals surface area contributed by atoms with E-state index < -0.39 is 20.8 Å². The van der Waals surface area contributed by atoms with Gasteiger partial charge in [0.05, 0.1) is 0 Å². The Balaban J connectivity index is 2.74. The summed E-state index contributed by atoms with van der Waals surface area (Å²) >= 11 is 0. The summed E-state index contributed by atoms with van der Waals surface area (Å²) < 4.78 is 47.7. The average Bonchev–Trinajstić information content (AvgIpc) is 2.61. The zero-order valence-electron chi connectivity index (χ0n) is 7.21. The van der Waals surface area contributed by atoms with Crippen LogP contribution in [0.25, 0.3) is 5.65 Å². The van der Waals surface area contributed by atoms with Gasteiger partial charge in [0.15, 0.2) is 5.65 Å². The maximum Gasteiger partial charge on any atom is 0.344 e. The molecule has 0 fully saturated rings. The number of halogens is 2. The summed E-state index contributed by atoms with van der Waals surface area (Å²) in [6.45, 7) is 0. The number of hydrogen-bond acceptors (Lipinski definition) is 4. The van der Waals surface area contributed by atoms with Crippen LogP contribution in [0, 0.1) is 0 Å². The lowest BCUT2D eigenvalue weighted by Crippen LogP contribution is -2.14. The number of nitrogens with zero attached hydrogens (tertiary/aromatic N) is 3. The van der Waals surface area contributed by atoms with Crippen molar-refractivity contribution in [2.75, 3.05) is 0 Å². The number of hydrogen-bond donors (Lipinski definition) is 0. The fourth-order valence-corrected chi connectivity index (χ4v) is 1.84. The molecule has 0 unspecified atom stereocenters. The van der Waals surface area contributed by atoms with Crippen LogP contribution in [0.15, 0.2) is 29.6 Å². The summed E-state index contributed by atoms with van der Waals surface area (Å²) in [4.78, 5) is 0. The molecule has 5 nitrogen and oxygen atoms in total. The topological polar surface area (TPSA) is 64.3 Å². The van der Waals surface area contributed by atoms with Crippen molar-refractivity contribution in [3.05, 3.63) is 24.4 Å². The van der Waals surface area contributed by atoms with Gasteiger partial charge in [-0.25, -0.2) is 8.42 Å². The van der Waals surface area contributed by atoms with Crippen LogP contribution < -0.4 is 0 Å². The van der Waals surface area contributed by atoms with Gasteiger partial charge in [-0.05, 0) is 12.1 Å². The Morgan fingerprint density at radius 2 is 2.00 bits per heavy atom. The highest BCUT2D eigenvalue weighted by atomic mass is 32.2. The molecule has 0 spiro atoms. The average molecular weight is 233 g/mol. The van der Waals surface area contributed by atoms with Crippen molar-refractivity contribution in [1.82, 2.24) is 14.6 Å². The molecule has 2 rings (SSSR count). The number of aromatic nitrogens is 3. The minimum absolute atomic E-state index is 0.205. The van der Waals surface area contributed by atoms with Crippen LogP contribution in [0.5, 0.6) is 0 Å². The zero-order chi connectivity index (χ0) is 11.1. The second-order valence-corrected chi connectivity index (χ2v) is 4.53. The molecule has 0 amide bonds. The van der Waals surface area contributed by atoms with E-state index in [1.807, 2.05) is 0 Å². The third-order valence-corrected chi connectivity index (χ3v) is 3.03. The molecule has 15 heavy (non-hydrogen) atoms. The molecule has 2 aromatic heterocycles. The molecule has 0 saturated carbocycles. The van der Waals surface area contributed by atoms with E-state index in [2.05, 4.69) is 10.2 Å². The summed E-state index contributed by atoms with van der Waals surface area (Å²) in [5, 5.41) is 5.96. The van der Waals surface area contributed by atoms with Crippen molar-refractivity contribution in [3.8, 4) is 0 Å². The van der Waals surface area contributed by atoms with Crippen LogP contribution in [0.4, 0.5) is 8.78 Å². The van der Waals surface area contributed by atoms with Crippen molar-refractivity contribution in [2.24, 2.45) is 0 Å². The molecule has 2 heterocycles. The summed E-state index contributed by atoms with van der Waals surface area (Å²) in [7, 11) is -4.70. The molecule has 0 N–H and O–H groups in total. The molecule has 0 aromatic carbocycles. The van der Waals surface area contributed by atoms with Gasteiger partial charge in [0.1, 0.15) is 0 Å². The standard InChI is InChI=1S/C7H5F2N3O2S/c8-6(9)15(13,14)7-11-10-5-3-1-2-4-12(5)7/h1-4,6H. The first kappa shape index (κ1) is 9.97. The third kappa shape index (κ3) is 1.46. The summed E-state index contributed by atoms with van der Waals surface area (Å²) in [6, 6.07) is 4.57. The van der Waals surface area contributed by atoms with Gasteiger partial charge in [0.2, 0.25) is 0 Å². The molecule has 0 aliphatic rings. The van der Waals surface area contributed by atoms with Crippen molar-refractivity contribution in [1.29, 1.82) is 0 Å². The van der Waals surface area contributed by atoms with Crippen LogP contribution in [0.3, 0.4) is 0 Å². The summed E-state index contributed by atoms with van der Waals surface area (Å²) in [6.07, 6.45) is 1.31. The second kappa shape index (κ2) is 3.23. The lowest BCUT2D eigenvalue weighted by atomic mass is 10.5. The van der Waals surface area contributed by atoms with Crippen molar-refractivity contribution in [2.45, 2.75) is 10.9 Å². The Morgan fingerprint density at radius 1 is 1.27 bits per heavy atom. The van der Waals surface area contributed by atoms with E-state index >= 15 is 0 Å². The molecule has 8 heteroatoms. The molecule has 0 radical (unpaired) electrons. The molecular formula is C7H5F2N3O2S. The Morgan fingerprint density at radius 3 is 2.67 bits per heavy atom. The van der Waals surface area contributed by atoms with Crippen LogP contribution in [-0.2, 0) is 9.84 Å². The van der Waals surface area contributed by atoms with Gasteiger partial charge in [-0.2, -0.15) is 8.78 Å². The van der Waals surface area contributed by atoms with Gasteiger partial charge < -0.3 is 0 Å². The normalized spacial score (nSPS) is 12.5. The SMILES string of the molecule is O=S(=O)(c1nnc2ccccn12)C(F)F. The van der Waals surface area contributed by atoms with E-state index in [0.29, 0.717) is 0 Å². The van der Waals surface area contributed by atoms with Gasteiger partial charge in [-0.3, -0.25) is 4.40 Å². The van der Waals surface area contributed by atoms with Gasteiger partial charge in [0.25, 0.3) is 15.0 Å². The highest BCUT2D eigenvalue weighted by Gasteiger charge is 2.31. The molecule has 0 saturated heterocycles. The van der Waals surface area contributed by atoms with Gasteiger partial charge >= 0.3 is 5.76 Å². The maximum absolute atomic E-state index is 12.2. The Labute approximate surface area is 83.3 Å². The minimum atomic E-state index is -4.70. The highest BCUT2D eigenvalue weighted by molar-refractivity contribution is 7.91. The molecule has 0 aliphatic heterocycles. The van der Waals surface area contributed by atoms with Crippen LogP contribution in [0.1, 0.15) is 0 Å². The molecule has 0 aliphatic carbocycles. The van der Waals surface area contributed by atoms with E-state index in [1.165, 1.54) is 18.3 Å². The van der Waals surface area contributed by atoms with E-state index in [-0.39, 0.29) is 5.65 Å². The Bertz CT molecular complexity index is 593. The number of fused-ring (bicyclic) bond motifs is 1. The van der Waals surface area contributed by atoms with E-state index in [4.69, 9.17) is 0 Å². The molecule has 0 bridgehead atoms. The van der Waals surface area contributed by atoms with Crippen LogP contribution in [0.2, 0.25) is 0 Å². The highest BCUT2D eigenvalue weighted by Crippen LogP contribution is 2.16. The Kier molecular flexibility index (Phi) is 2.14. The van der Waals surface area contributed by atoms with Gasteiger partial charge in [-0.15, -0.1) is 10.2 Å². The van der Waals surface area contributed by atoms with Crippen LogP contribution in [-0.4, -0.2) is 28.8 Å². The fourth-order valence-electron chi connectivity index (χ4n) is 1.09. The molecule has 80 valence electrons. The summed E-state index contributed by atoms with van der Waals surface area (Å²) in [5.74, 6) is -3.50. The Hall–Kier alpha value is -1.57. The lowest BCUT2D eigenvalue weighted by Gasteiger charge is -1.99. The zero-order valence-corrected chi connectivity index (χ0v) is 8.03. The molecular weight excluding hydrogens is 228 g/mol. The second-order valence-electron chi connectivity index (χ2n) is 2.72. The maximum atomic E-state index is 12.2. The van der Waals surface area contributed by atoms with E-state index in [0.717, 1.165) is 4.40 Å². The van der Waals surface area contributed by atoms with Gasteiger partial charge in [0, 0.05) is 6.20 Å². The first-order valence-electron chi connectivity index (χ1n) is 3.85. The van der Waals surface area contributed by atoms with Crippen molar-refractivity contribution >= 4 is 15.5 Å². The molecule has 2 aromatic rings. The first-order valence-corrected chi connectivity index (χ1v) is 5.40. The molecule has 0 atom stereocenters. The van der Waals surface area contributed by atoms with E-state index in [1.54, 1.807) is 6.07 Å². The predicted molar refractivity (Wildman–Crippen MR) is 46.2 cm³/mol.